The number of carbonyl (C=O) groups excluding carboxylic acids is 1. The molecule has 100 valence electrons. The van der Waals surface area contributed by atoms with E-state index in [-0.39, 0.29) is 6.03 Å². The second kappa shape index (κ2) is 6.07. The summed E-state index contributed by atoms with van der Waals surface area (Å²) in [4.78, 5) is 13.7. The minimum atomic E-state index is -0.189. The molecular weight excluding hydrogens is 246 g/mol. The molecule has 0 spiro atoms. The Morgan fingerprint density at radius 1 is 1.47 bits per heavy atom. The molecular formula is C13H15N3O3. The zero-order valence-electron chi connectivity index (χ0n) is 10.7. The number of morpholine rings is 1. The topological polar surface area (TPSA) is 74.6 Å². The Hall–Kier alpha value is -2.26. The predicted octanol–water partition coefficient (Wildman–Crippen LogP) is 1.43. The van der Waals surface area contributed by atoms with Crippen molar-refractivity contribution in [1.29, 1.82) is 5.26 Å². The number of nitrogens with zero attached hydrogens (tertiary/aromatic N) is 2. The van der Waals surface area contributed by atoms with Crippen molar-refractivity contribution in [3.8, 4) is 11.8 Å². The number of benzene rings is 1. The van der Waals surface area contributed by atoms with Gasteiger partial charge < -0.3 is 19.7 Å². The summed E-state index contributed by atoms with van der Waals surface area (Å²) in [6.07, 6.45) is 0. The second-order valence-electron chi connectivity index (χ2n) is 4.06. The molecule has 0 bridgehead atoms. The van der Waals surface area contributed by atoms with Crippen LogP contribution in [-0.4, -0.2) is 44.3 Å². The molecule has 0 aliphatic carbocycles. The normalized spacial score (nSPS) is 14.6. The van der Waals surface area contributed by atoms with Crippen LogP contribution in [0, 0.1) is 11.3 Å². The van der Waals surface area contributed by atoms with Crippen molar-refractivity contribution in [2.75, 3.05) is 38.7 Å². The molecule has 6 nitrogen and oxygen atoms in total. The highest BCUT2D eigenvalue weighted by Gasteiger charge is 2.18. The summed E-state index contributed by atoms with van der Waals surface area (Å²) in [5, 5.41) is 11.6. The summed E-state index contributed by atoms with van der Waals surface area (Å²) < 4.78 is 10.4. The predicted molar refractivity (Wildman–Crippen MR) is 69.1 cm³/mol. The molecule has 0 aromatic heterocycles. The largest absolute Gasteiger partial charge is 0.495 e. The van der Waals surface area contributed by atoms with E-state index in [4.69, 9.17) is 14.7 Å². The third kappa shape index (κ3) is 3.14. The number of amides is 2. The van der Waals surface area contributed by atoms with Gasteiger partial charge in [-0.25, -0.2) is 4.79 Å². The molecule has 6 heteroatoms. The fraction of sp³-hybridized carbons (Fsp3) is 0.385. The van der Waals surface area contributed by atoms with Crippen molar-refractivity contribution in [2.24, 2.45) is 0 Å². The number of hydrogen-bond donors (Lipinski definition) is 1. The molecule has 0 atom stereocenters. The molecule has 1 aromatic rings. The first-order valence-electron chi connectivity index (χ1n) is 5.96. The van der Waals surface area contributed by atoms with Crippen molar-refractivity contribution in [3.05, 3.63) is 23.8 Å². The van der Waals surface area contributed by atoms with E-state index < -0.39 is 0 Å². The molecule has 1 aliphatic heterocycles. The summed E-state index contributed by atoms with van der Waals surface area (Å²) >= 11 is 0. The van der Waals surface area contributed by atoms with Crippen LogP contribution in [0.25, 0.3) is 0 Å². The molecule has 19 heavy (non-hydrogen) atoms. The molecule has 1 saturated heterocycles. The second-order valence-corrected chi connectivity index (χ2v) is 4.06. The number of nitriles is 1. The Morgan fingerprint density at radius 3 is 2.84 bits per heavy atom. The number of nitrogens with one attached hydrogen (secondary N) is 1. The van der Waals surface area contributed by atoms with Crippen LogP contribution in [0.5, 0.6) is 5.75 Å². The number of carbonyl (C=O) groups is 1. The van der Waals surface area contributed by atoms with E-state index in [1.54, 1.807) is 23.1 Å². The Kier molecular flexibility index (Phi) is 4.21. The van der Waals surface area contributed by atoms with Gasteiger partial charge in [-0.05, 0) is 12.1 Å². The average molecular weight is 261 g/mol. The number of rotatable bonds is 2. The van der Waals surface area contributed by atoms with Crippen LogP contribution >= 0.6 is 0 Å². The quantitative estimate of drug-likeness (QED) is 0.874. The molecule has 1 heterocycles. The fourth-order valence-electron chi connectivity index (χ4n) is 1.82. The molecule has 2 rings (SSSR count). The number of hydrogen-bond acceptors (Lipinski definition) is 4. The Labute approximate surface area is 111 Å². The monoisotopic (exact) mass is 261 g/mol. The highest BCUT2D eigenvalue weighted by Crippen LogP contribution is 2.25. The molecule has 1 aromatic carbocycles. The summed E-state index contributed by atoms with van der Waals surface area (Å²) in [6.45, 7) is 2.25. The molecule has 2 amide bonds. The van der Waals surface area contributed by atoms with E-state index >= 15 is 0 Å². The smallest absolute Gasteiger partial charge is 0.322 e. The zero-order valence-corrected chi connectivity index (χ0v) is 10.7. The van der Waals surface area contributed by atoms with E-state index in [1.807, 2.05) is 6.07 Å². The Bertz CT molecular complexity index is 504. The van der Waals surface area contributed by atoms with Crippen molar-refractivity contribution in [1.82, 2.24) is 4.90 Å². The lowest BCUT2D eigenvalue weighted by atomic mass is 10.2. The lowest BCUT2D eigenvalue weighted by molar-refractivity contribution is 0.0564. The minimum Gasteiger partial charge on any atom is -0.495 e. The van der Waals surface area contributed by atoms with E-state index in [2.05, 4.69) is 5.32 Å². The van der Waals surface area contributed by atoms with Crippen LogP contribution in [0.4, 0.5) is 10.5 Å². The lowest BCUT2D eigenvalue weighted by Crippen LogP contribution is -2.43. The number of ether oxygens (including phenoxy) is 2. The maximum Gasteiger partial charge on any atom is 0.322 e. The van der Waals surface area contributed by atoms with Crippen molar-refractivity contribution in [2.45, 2.75) is 0 Å². The van der Waals surface area contributed by atoms with Crippen molar-refractivity contribution < 1.29 is 14.3 Å². The molecule has 0 unspecified atom stereocenters. The van der Waals surface area contributed by atoms with Gasteiger partial charge in [-0.3, -0.25) is 0 Å². The van der Waals surface area contributed by atoms with Gasteiger partial charge in [0.25, 0.3) is 0 Å². The van der Waals surface area contributed by atoms with Crippen LogP contribution in [0.2, 0.25) is 0 Å². The van der Waals surface area contributed by atoms with E-state index in [0.717, 1.165) is 0 Å². The molecule has 0 radical (unpaired) electrons. The number of anilines is 1. The SMILES string of the molecule is COc1cc(C#N)ccc1NC(=O)N1CCOCC1. The van der Waals surface area contributed by atoms with Gasteiger partial charge in [-0.1, -0.05) is 0 Å². The van der Waals surface area contributed by atoms with E-state index in [0.29, 0.717) is 43.3 Å². The summed E-state index contributed by atoms with van der Waals surface area (Å²) in [7, 11) is 1.50. The van der Waals surface area contributed by atoms with Gasteiger partial charge in [0.2, 0.25) is 0 Å². The minimum absolute atomic E-state index is 0.189. The van der Waals surface area contributed by atoms with Gasteiger partial charge >= 0.3 is 6.03 Å². The molecule has 1 aliphatic rings. The number of methoxy groups -OCH3 is 1. The van der Waals surface area contributed by atoms with Crippen molar-refractivity contribution >= 4 is 11.7 Å². The van der Waals surface area contributed by atoms with Crippen LogP contribution in [0.15, 0.2) is 18.2 Å². The molecule has 0 saturated carbocycles. The highest BCUT2D eigenvalue weighted by atomic mass is 16.5. The highest BCUT2D eigenvalue weighted by molar-refractivity contribution is 5.91. The molecule has 1 N–H and O–H groups in total. The van der Waals surface area contributed by atoms with Gasteiger partial charge in [-0.2, -0.15) is 5.26 Å². The van der Waals surface area contributed by atoms with Crippen LogP contribution in [-0.2, 0) is 4.74 Å². The van der Waals surface area contributed by atoms with Gasteiger partial charge in [-0.15, -0.1) is 0 Å². The van der Waals surface area contributed by atoms with Crippen molar-refractivity contribution in [3.63, 3.8) is 0 Å². The Morgan fingerprint density at radius 2 is 2.21 bits per heavy atom. The maximum absolute atomic E-state index is 12.0. The first-order valence-corrected chi connectivity index (χ1v) is 5.96. The standard InChI is InChI=1S/C13H15N3O3/c1-18-12-8-10(9-14)2-3-11(12)15-13(17)16-4-6-19-7-5-16/h2-3,8H,4-7H2,1H3,(H,15,17). The summed E-state index contributed by atoms with van der Waals surface area (Å²) in [5.41, 5.74) is 1.04. The Balaban J connectivity index is 2.09. The van der Waals surface area contributed by atoms with E-state index in [1.165, 1.54) is 7.11 Å². The van der Waals surface area contributed by atoms with Crippen LogP contribution in [0.3, 0.4) is 0 Å². The number of urea groups is 1. The lowest BCUT2D eigenvalue weighted by Gasteiger charge is -2.27. The average Bonchev–Trinajstić information content (AvgIpc) is 2.48. The maximum atomic E-state index is 12.0. The summed E-state index contributed by atoms with van der Waals surface area (Å²) in [6, 6.07) is 6.73. The fourth-order valence-corrected chi connectivity index (χ4v) is 1.82. The van der Waals surface area contributed by atoms with Gasteiger partial charge in [0.15, 0.2) is 0 Å². The van der Waals surface area contributed by atoms with Gasteiger partial charge in [0, 0.05) is 19.2 Å². The first-order chi connectivity index (χ1) is 9.24. The van der Waals surface area contributed by atoms with Gasteiger partial charge in [0.05, 0.1) is 37.6 Å². The van der Waals surface area contributed by atoms with Gasteiger partial charge in [0.1, 0.15) is 5.75 Å². The molecule has 1 fully saturated rings. The first kappa shape index (κ1) is 13.2. The zero-order chi connectivity index (χ0) is 13.7. The summed E-state index contributed by atoms with van der Waals surface area (Å²) in [5.74, 6) is 0.473. The third-order valence-corrected chi connectivity index (χ3v) is 2.87. The van der Waals surface area contributed by atoms with Crippen LogP contribution in [0.1, 0.15) is 5.56 Å². The van der Waals surface area contributed by atoms with Crippen LogP contribution < -0.4 is 10.1 Å². The van der Waals surface area contributed by atoms with E-state index in [9.17, 15) is 4.79 Å². The third-order valence-electron chi connectivity index (χ3n) is 2.87.